The molecule has 2 heterocycles. The normalized spacial score (nSPS) is 10.5. The van der Waals surface area contributed by atoms with Gasteiger partial charge in [-0.25, -0.2) is 14.8 Å². The van der Waals surface area contributed by atoms with Crippen molar-refractivity contribution >= 4 is 45.7 Å². The van der Waals surface area contributed by atoms with Gasteiger partial charge in [-0.2, -0.15) is 0 Å². The van der Waals surface area contributed by atoms with Crippen LogP contribution in [0.25, 0.3) is 0 Å². The Morgan fingerprint density at radius 3 is 2.62 bits per heavy atom. The van der Waals surface area contributed by atoms with Crippen molar-refractivity contribution in [2.45, 2.75) is 17.7 Å². The number of para-hydroxylation sites is 1. The van der Waals surface area contributed by atoms with Gasteiger partial charge in [-0.05, 0) is 43.3 Å². The third-order valence-corrected chi connectivity index (χ3v) is 6.88. The first kappa shape index (κ1) is 23.5. The quantitative estimate of drug-likeness (QED) is 0.232. The summed E-state index contributed by atoms with van der Waals surface area (Å²) in [6, 6.07) is 17.6. The standard InChI is InChI=1S/C25H22N4O3S2/c1-16-10-11-20(19(13-16)23(30)18-7-3-4-8-21(18)32-2)28-24(31)29-25-27-14-17(34-25)15-33-22-9-5-6-12-26-22/h3-14H,15H2,1-2H3,(H2,27,28,29,31). The first-order valence-electron chi connectivity index (χ1n) is 10.4. The van der Waals surface area contributed by atoms with E-state index in [9.17, 15) is 9.59 Å². The number of carbonyl (C=O) groups is 2. The molecular formula is C25H22N4O3S2. The average Bonchev–Trinajstić information content (AvgIpc) is 3.31. The van der Waals surface area contributed by atoms with Gasteiger partial charge in [0.05, 0.1) is 23.4 Å². The fourth-order valence-corrected chi connectivity index (χ4v) is 4.88. The molecule has 2 aromatic heterocycles. The molecule has 2 N–H and O–H groups in total. The number of urea groups is 1. The molecule has 4 aromatic rings. The number of nitrogens with zero attached hydrogens (tertiary/aromatic N) is 2. The SMILES string of the molecule is COc1ccccc1C(=O)c1cc(C)ccc1NC(=O)Nc1ncc(CSc2ccccn2)s1. The highest BCUT2D eigenvalue weighted by Crippen LogP contribution is 2.28. The number of pyridine rings is 1. The number of amides is 2. The summed E-state index contributed by atoms with van der Waals surface area (Å²) in [6.07, 6.45) is 3.49. The molecule has 4 rings (SSSR count). The van der Waals surface area contributed by atoms with Gasteiger partial charge in [0.1, 0.15) is 5.75 Å². The monoisotopic (exact) mass is 490 g/mol. The number of hydrogen-bond donors (Lipinski definition) is 2. The average molecular weight is 491 g/mol. The number of hydrogen-bond acceptors (Lipinski definition) is 7. The third kappa shape index (κ3) is 5.81. The van der Waals surface area contributed by atoms with E-state index in [4.69, 9.17) is 4.74 Å². The van der Waals surface area contributed by atoms with Crippen LogP contribution in [-0.2, 0) is 5.75 Å². The Labute approximate surface area is 205 Å². The van der Waals surface area contributed by atoms with Gasteiger partial charge in [0, 0.05) is 28.6 Å². The zero-order chi connectivity index (χ0) is 23.9. The Hall–Kier alpha value is -3.69. The smallest absolute Gasteiger partial charge is 0.325 e. The van der Waals surface area contributed by atoms with E-state index in [2.05, 4.69) is 20.6 Å². The number of benzene rings is 2. The minimum Gasteiger partial charge on any atom is -0.496 e. The van der Waals surface area contributed by atoms with Gasteiger partial charge in [-0.1, -0.05) is 29.8 Å². The van der Waals surface area contributed by atoms with Gasteiger partial charge in [-0.15, -0.1) is 23.1 Å². The van der Waals surface area contributed by atoms with Gasteiger partial charge in [0.25, 0.3) is 0 Å². The van der Waals surface area contributed by atoms with Gasteiger partial charge < -0.3 is 10.1 Å². The van der Waals surface area contributed by atoms with Crippen LogP contribution in [0.15, 0.2) is 78.1 Å². The summed E-state index contributed by atoms with van der Waals surface area (Å²) in [7, 11) is 1.52. The number of rotatable bonds is 8. The Bertz CT molecular complexity index is 1310. The van der Waals surface area contributed by atoms with Gasteiger partial charge >= 0.3 is 6.03 Å². The number of ether oxygens (including phenoxy) is 1. The number of aromatic nitrogens is 2. The molecule has 34 heavy (non-hydrogen) atoms. The van der Waals surface area contributed by atoms with Crippen molar-refractivity contribution in [1.29, 1.82) is 0 Å². The highest BCUT2D eigenvalue weighted by molar-refractivity contribution is 7.98. The number of ketones is 1. The molecule has 0 saturated carbocycles. The number of thiazole rings is 1. The highest BCUT2D eigenvalue weighted by atomic mass is 32.2. The number of nitrogens with one attached hydrogen (secondary N) is 2. The Balaban J connectivity index is 1.45. The predicted octanol–water partition coefficient (Wildman–Crippen LogP) is 6.02. The lowest BCUT2D eigenvalue weighted by atomic mass is 9.99. The van der Waals surface area contributed by atoms with Crippen LogP contribution < -0.4 is 15.4 Å². The molecule has 0 bridgehead atoms. The number of carbonyl (C=O) groups excluding carboxylic acids is 2. The fraction of sp³-hybridized carbons (Fsp3) is 0.120. The zero-order valence-corrected chi connectivity index (χ0v) is 20.2. The van der Waals surface area contributed by atoms with E-state index in [1.54, 1.807) is 60.6 Å². The second-order valence-corrected chi connectivity index (χ2v) is 9.36. The van der Waals surface area contributed by atoms with Crippen molar-refractivity contribution < 1.29 is 14.3 Å². The molecule has 0 aliphatic rings. The van der Waals surface area contributed by atoms with Crippen LogP contribution in [0.5, 0.6) is 5.75 Å². The van der Waals surface area contributed by atoms with E-state index in [0.29, 0.717) is 33.4 Å². The van der Waals surface area contributed by atoms with Crippen LogP contribution in [0.4, 0.5) is 15.6 Å². The number of aryl methyl sites for hydroxylation is 1. The Kier molecular flexibility index (Phi) is 7.56. The molecule has 0 saturated heterocycles. The Morgan fingerprint density at radius 2 is 1.82 bits per heavy atom. The molecule has 0 spiro atoms. The first-order valence-corrected chi connectivity index (χ1v) is 12.2. The van der Waals surface area contributed by atoms with Crippen molar-refractivity contribution in [3.8, 4) is 5.75 Å². The predicted molar refractivity (Wildman–Crippen MR) is 136 cm³/mol. The molecule has 0 radical (unpaired) electrons. The van der Waals surface area contributed by atoms with Crippen molar-refractivity contribution in [2.24, 2.45) is 0 Å². The van der Waals surface area contributed by atoms with Crippen molar-refractivity contribution in [2.75, 3.05) is 17.7 Å². The van der Waals surface area contributed by atoms with Crippen LogP contribution >= 0.6 is 23.1 Å². The highest BCUT2D eigenvalue weighted by Gasteiger charge is 2.19. The summed E-state index contributed by atoms with van der Waals surface area (Å²) in [4.78, 5) is 35.5. The summed E-state index contributed by atoms with van der Waals surface area (Å²) < 4.78 is 5.34. The van der Waals surface area contributed by atoms with Crippen LogP contribution in [-0.4, -0.2) is 28.9 Å². The van der Waals surface area contributed by atoms with E-state index >= 15 is 0 Å². The number of thioether (sulfide) groups is 1. The molecule has 7 nitrogen and oxygen atoms in total. The van der Waals surface area contributed by atoms with E-state index in [1.807, 2.05) is 31.2 Å². The minimum atomic E-state index is -0.476. The van der Waals surface area contributed by atoms with Crippen molar-refractivity contribution in [1.82, 2.24) is 9.97 Å². The molecule has 9 heteroatoms. The van der Waals surface area contributed by atoms with Gasteiger partial charge in [0.15, 0.2) is 10.9 Å². The minimum absolute atomic E-state index is 0.237. The lowest BCUT2D eigenvalue weighted by Gasteiger charge is -2.13. The topological polar surface area (TPSA) is 93.2 Å². The lowest BCUT2D eigenvalue weighted by molar-refractivity contribution is 0.103. The summed E-state index contributed by atoms with van der Waals surface area (Å²) in [5, 5.41) is 6.93. The summed E-state index contributed by atoms with van der Waals surface area (Å²) in [5.41, 5.74) is 2.11. The molecule has 172 valence electrons. The van der Waals surface area contributed by atoms with E-state index in [0.717, 1.165) is 15.5 Å². The Morgan fingerprint density at radius 1 is 1.00 bits per heavy atom. The molecule has 0 atom stereocenters. The molecule has 0 aliphatic carbocycles. The number of anilines is 2. The number of methoxy groups -OCH3 is 1. The first-order chi connectivity index (χ1) is 16.5. The zero-order valence-electron chi connectivity index (χ0n) is 18.6. The van der Waals surface area contributed by atoms with Crippen LogP contribution in [0.2, 0.25) is 0 Å². The van der Waals surface area contributed by atoms with E-state index in [-0.39, 0.29) is 5.78 Å². The van der Waals surface area contributed by atoms with Crippen molar-refractivity contribution in [3.63, 3.8) is 0 Å². The fourth-order valence-electron chi connectivity index (χ4n) is 3.19. The third-order valence-electron chi connectivity index (χ3n) is 4.79. The maximum absolute atomic E-state index is 13.3. The maximum Gasteiger partial charge on any atom is 0.325 e. The lowest BCUT2D eigenvalue weighted by Crippen LogP contribution is -2.21. The maximum atomic E-state index is 13.3. The summed E-state index contributed by atoms with van der Waals surface area (Å²) >= 11 is 2.99. The van der Waals surface area contributed by atoms with Crippen LogP contribution in [0.1, 0.15) is 26.4 Å². The molecule has 2 aromatic carbocycles. The summed E-state index contributed by atoms with van der Waals surface area (Å²) in [6.45, 7) is 1.89. The second-order valence-electron chi connectivity index (χ2n) is 7.25. The van der Waals surface area contributed by atoms with Crippen molar-refractivity contribution in [3.05, 3.63) is 94.6 Å². The molecule has 0 aliphatic heterocycles. The molecule has 0 fully saturated rings. The second kappa shape index (κ2) is 11.0. The molecule has 0 unspecified atom stereocenters. The summed E-state index contributed by atoms with van der Waals surface area (Å²) in [5.74, 6) is 0.941. The van der Waals surface area contributed by atoms with Crippen LogP contribution in [0, 0.1) is 6.92 Å². The van der Waals surface area contributed by atoms with Crippen LogP contribution in [0.3, 0.4) is 0 Å². The largest absolute Gasteiger partial charge is 0.496 e. The van der Waals surface area contributed by atoms with Gasteiger partial charge in [0.2, 0.25) is 0 Å². The van der Waals surface area contributed by atoms with E-state index < -0.39 is 6.03 Å². The molecular weight excluding hydrogens is 468 g/mol. The molecule has 2 amide bonds. The van der Waals surface area contributed by atoms with E-state index in [1.165, 1.54) is 18.4 Å². The van der Waals surface area contributed by atoms with Gasteiger partial charge in [-0.3, -0.25) is 10.1 Å².